The van der Waals surface area contributed by atoms with Crippen LogP contribution >= 0.6 is 11.8 Å². The molecule has 0 radical (unpaired) electrons. The smallest absolute Gasteiger partial charge is 0.328 e. The van der Waals surface area contributed by atoms with Crippen LogP contribution in [0.5, 0.6) is 0 Å². The average molecular weight is 540 g/mol. The van der Waals surface area contributed by atoms with E-state index in [4.69, 9.17) is 4.74 Å². The molecule has 0 spiro atoms. The molecule has 3 rings (SSSR count). The molecule has 3 N–H and O–H groups in total. The van der Waals surface area contributed by atoms with Crippen molar-refractivity contribution in [2.75, 3.05) is 32.2 Å². The van der Waals surface area contributed by atoms with E-state index in [1.54, 1.807) is 18.1 Å². The molecule has 206 valence electrons. The van der Waals surface area contributed by atoms with E-state index in [2.05, 4.69) is 69.7 Å². The molecule has 3 atom stereocenters. The van der Waals surface area contributed by atoms with Gasteiger partial charge in [0.05, 0.1) is 25.7 Å². The van der Waals surface area contributed by atoms with Gasteiger partial charge in [-0.25, -0.2) is 9.78 Å². The predicted octanol–water partition coefficient (Wildman–Crippen LogP) is 3.98. The van der Waals surface area contributed by atoms with Gasteiger partial charge in [-0.2, -0.15) is 11.8 Å². The van der Waals surface area contributed by atoms with Crippen molar-refractivity contribution in [2.45, 2.75) is 51.9 Å². The number of methoxy groups -OCH3 is 1. The molecule has 0 aliphatic carbocycles. The summed E-state index contributed by atoms with van der Waals surface area (Å²) in [5, 5.41) is 8.94. The van der Waals surface area contributed by atoms with E-state index in [1.807, 2.05) is 24.6 Å². The molecular weight excluding hydrogens is 498 g/mol. The number of ether oxygens (including phenoxy) is 1. The third kappa shape index (κ3) is 8.85. The Balaban J connectivity index is 1.81. The number of aromatic amines is 1. The van der Waals surface area contributed by atoms with Crippen molar-refractivity contribution in [1.29, 1.82) is 0 Å². The summed E-state index contributed by atoms with van der Waals surface area (Å²) >= 11 is 1.63. The monoisotopic (exact) mass is 539 g/mol. The highest BCUT2D eigenvalue weighted by molar-refractivity contribution is 7.98. The fourth-order valence-electron chi connectivity index (χ4n) is 4.56. The van der Waals surface area contributed by atoms with Crippen molar-refractivity contribution in [1.82, 2.24) is 25.5 Å². The summed E-state index contributed by atoms with van der Waals surface area (Å²) in [6.07, 6.45) is 7.09. The number of H-pyrrole nitrogens is 1. The maximum atomic E-state index is 13.3. The third-order valence-electron chi connectivity index (χ3n) is 6.96. The molecule has 38 heavy (non-hydrogen) atoms. The van der Waals surface area contributed by atoms with E-state index in [-0.39, 0.29) is 18.5 Å². The maximum absolute atomic E-state index is 13.3. The molecule has 3 aromatic rings. The Bertz CT molecular complexity index is 1130. The van der Waals surface area contributed by atoms with Gasteiger partial charge in [0.1, 0.15) is 6.04 Å². The molecule has 1 heterocycles. The van der Waals surface area contributed by atoms with Gasteiger partial charge in [-0.1, -0.05) is 62.7 Å². The van der Waals surface area contributed by atoms with Gasteiger partial charge in [0.2, 0.25) is 5.91 Å². The number of aromatic nitrogens is 2. The second-order valence-electron chi connectivity index (χ2n) is 9.67. The Morgan fingerprint density at radius 1 is 1.18 bits per heavy atom. The lowest BCUT2D eigenvalue weighted by molar-refractivity contribution is -0.145. The average Bonchev–Trinajstić information content (AvgIpc) is 3.46. The first-order valence-corrected chi connectivity index (χ1v) is 14.6. The fourth-order valence-corrected chi connectivity index (χ4v) is 5.03. The highest BCUT2D eigenvalue weighted by Gasteiger charge is 2.25. The largest absolute Gasteiger partial charge is 0.467 e. The van der Waals surface area contributed by atoms with Crippen LogP contribution in [0.4, 0.5) is 0 Å². The zero-order chi connectivity index (χ0) is 27.3. The van der Waals surface area contributed by atoms with Crippen molar-refractivity contribution in [3.05, 3.63) is 66.2 Å². The second kappa shape index (κ2) is 15.5. The zero-order valence-corrected chi connectivity index (χ0v) is 23.7. The Kier molecular flexibility index (Phi) is 12.1. The lowest BCUT2D eigenvalue weighted by atomic mass is 9.97. The lowest BCUT2D eigenvalue weighted by Crippen LogP contribution is -2.50. The minimum Gasteiger partial charge on any atom is -0.467 e. The number of hydrogen-bond acceptors (Lipinski definition) is 7. The first-order valence-electron chi connectivity index (χ1n) is 13.2. The first-order chi connectivity index (χ1) is 18.4. The highest BCUT2D eigenvalue weighted by Crippen LogP contribution is 2.21. The number of carbonyl (C=O) groups is 2. The number of hydrogen-bond donors (Lipinski definition) is 3. The number of rotatable bonds is 16. The number of nitrogens with zero attached hydrogens (tertiary/aromatic N) is 2. The van der Waals surface area contributed by atoms with Gasteiger partial charge >= 0.3 is 5.97 Å². The maximum Gasteiger partial charge on any atom is 0.328 e. The van der Waals surface area contributed by atoms with Gasteiger partial charge in [0, 0.05) is 31.9 Å². The number of nitrogens with one attached hydrogen (secondary N) is 3. The number of carbonyl (C=O) groups excluding carboxylic acids is 2. The summed E-state index contributed by atoms with van der Waals surface area (Å²) in [4.78, 5) is 35.1. The van der Waals surface area contributed by atoms with Crippen LogP contribution in [0.3, 0.4) is 0 Å². The van der Waals surface area contributed by atoms with Gasteiger partial charge in [-0.3, -0.25) is 9.69 Å². The van der Waals surface area contributed by atoms with Gasteiger partial charge in [0.25, 0.3) is 0 Å². The van der Waals surface area contributed by atoms with Crippen LogP contribution in [0.15, 0.2) is 55.0 Å². The van der Waals surface area contributed by atoms with E-state index >= 15 is 0 Å². The first kappa shape index (κ1) is 29.7. The van der Waals surface area contributed by atoms with Gasteiger partial charge in [-0.15, -0.1) is 0 Å². The van der Waals surface area contributed by atoms with E-state index in [0.29, 0.717) is 32.0 Å². The molecule has 8 nitrogen and oxygen atoms in total. The van der Waals surface area contributed by atoms with Crippen LogP contribution in [0.1, 0.15) is 37.9 Å². The minimum absolute atomic E-state index is 0.146. The number of amides is 1. The van der Waals surface area contributed by atoms with Crippen molar-refractivity contribution in [2.24, 2.45) is 5.92 Å². The van der Waals surface area contributed by atoms with Gasteiger partial charge in [0.15, 0.2) is 0 Å². The van der Waals surface area contributed by atoms with E-state index in [0.717, 1.165) is 23.4 Å². The van der Waals surface area contributed by atoms with Crippen LogP contribution < -0.4 is 10.6 Å². The Morgan fingerprint density at radius 3 is 2.68 bits per heavy atom. The van der Waals surface area contributed by atoms with Crippen LogP contribution in [0.25, 0.3) is 10.8 Å². The fraction of sp³-hybridized carbons (Fsp3) is 0.483. The summed E-state index contributed by atoms with van der Waals surface area (Å²) in [6.45, 7) is 6.51. The van der Waals surface area contributed by atoms with Crippen LogP contribution in [0, 0.1) is 5.92 Å². The summed E-state index contributed by atoms with van der Waals surface area (Å²) in [6, 6.07) is 14.1. The van der Waals surface area contributed by atoms with Crippen LogP contribution in [-0.2, 0) is 27.4 Å². The summed E-state index contributed by atoms with van der Waals surface area (Å²) < 4.78 is 4.94. The molecule has 9 heteroatoms. The predicted molar refractivity (Wildman–Crippen MR) is 155 cm³/mol. The summed E-state index contributed by atoms with van der Waals surface area (Å²) in [5.41, 5.74) is 2.12. The molecule has 1 amide bonds. The molecule has 0 aliphatic heterocycles. The third-order valence-corrected chi connectivity index (χ3v) is 7.60. The summed E-state index contributed by atoms with van der Waals surface area (Å²) in [7, 11) is 1.36. The summed E-state index contributed by atoms with van der Waals surface area (Å²) in [5.74, 6) is 0.548. The van der Waals surface area contributed by atoms with Gasteiger partial charge < -0.3 is 20.4 Å². The SMILES string of the molecule is CC[C@H](C)[C@@H](CN(CC(=O)N[C@@H](CCSC)C(=O)OC)Cc1cccc2ccccc12)NCc1c[nH]cn1. The molecule has 2 aromatic carbocycles. The van der Waals surface area contributed by atoms with E-state index in [9.17, 15) is 9.59 Å². The quantitative estimate of drug-likeness (QED) is 0.237. The molecule has 0 unspecified atom stereocenters. The van der Waals surface area contributed by atoms with Crippen molar-refractivity contribution in [3.63, 3.8) is 0 Å². The van der Waals surface area contributed by atoms with Crippen LogP contribution in [0.2, 0.25) is 0 Å². The number of esters is 1. The van der Waals surface area contributed by atoms with E-state index in [1.165, 1.54) is 17.9 Å². The number of thioether (sulfide) groups is 1. The number of imidazole rings is 1. The zero-order valence-electron chi connectivity index (χ0n) is 22.9. The van der Waals surface area contributed by atoms with E-state index < -0.39 is 12.0 Å². The van der Waals surface area contributed by atoms with Gasteiger partial charge in [-0.05, 0) is 40.7 Å². The molecular formula is C29H41N5O3S. The Labute approximate surface area is 230 Å². The second-order valence-corrected chi connectivity index (χ2v) is 10.7. The molecule has 0 aliphatic rings. The Morgan fingerprint density at radius 2 is 1.97 bits per heavy atom. The van der Waals surface area contributed by atoms with Crippen molar-refractivity contribution < 1.29 is 14.3 Å². The highest BCUT2D eigenvalue weighted by atomic mass is 32.2. The van der Waals surface area contributed by atoms with Crippen LogP contribution in [-0.4, -0.2) is 71.0 Å². The minimum atomic E-state index is -0.650. The molecule has 0 bridgehead atoms. The van der Waals surface area contributed by atoms with Crippen molar-refractivity contribution in [3.8, 4) is 0 Å². The molecule has 0 fully saturated rings. The standard InChI is InChI=1S/C29H41N5O3S/c1-5-21(2)27(31-16-24-15-30-20-32-24)18-34(17-23-11-8-10-22-9-6-7-12-25(22)23)19-28(35)33-26(13-14-38-4)29(36)37-3/h6-12,15,20-21,26-27,31H,5,13-14,16-19H2,1-4H3,(H,30,32)(H,33,35)/t21-,26-,27+/m0/s1. The normalized spacial score (nSPS) is 13.8. The Hall–Kier alpha value is -2.88. The number of benzene rings is 2. The molecule has 1 aromatic heterocycles. The lowest BCUT2D eigenvalue weighted by Gasteiger charge is -2.31. The molecule has 0 saturated heterocycles. The molecule has 0 saturated carbocycles. The van der Waals surface area contributed by atoms with Crippen molar-refractivity contribution >= 4 is 34.4 Å². The topological polar surface area (TPSA) is 99.4 Å². The number of fused-ring (bicyclic) bond motifs is 1.